The van der Waals surface area contributed by atoms with Crippen LogP contribution in [0.1, 0.15) is 72.6 Å². The van der Waals surface area contributed by atoms with Crippen molar-refractivity contribution in [3.63, 3.8) is 0 Å². The molecular formula is C27H39N3O6S. The lowest BCUT2D eigenvalue weighted by atomic mass is 9.57. The fourth-order valence-electron chi connectivity index (χ4n) is 8.15. The molecule has 0 radical (unpaired) electrons. The van der Waals surface area contributed by atoms with E-state index in [-0.39, 0.29) is 34.2 Å². The Balaban J connectivity index is 1.39. The van der Waals surface area contributed by atoms with Crippen LogP contribution in [0, 0.1) is 33.3 Å². The summed E-state index contributed by atoms with van der Waals surface area (Å²) in [5.41, 5.74) is -0.637. The van der Waals surface area contributed by atoms with E-state index in [1.165, 1.54) is 30.7 Å². The summed E-state index contributed by atoms with van der Waals surface area (Å²) < 4.78 is 34.3. The van der Waals surface area contributed by atoms with Gasteiger partial charge in [0.05, 0.1) is 9.82 Å². The maximum Gasteiger partial charge on any atom is 0.410 e. The molecule has 5 rings (SSSR count). The number of sulfonamides is 1. The van der Waals surface area contributed by atoms with E-state index < -0.39 is 20.5 Å². The number of nitro groups is 1. The number of nitrogens with zero attached hydrogens (tertiary/aromatic N) is 3. The number of non-ortho nitro benzene ring substituents is 1. The molecule has 2 saturated carbocycles. The fraction of sp³-hybridized carbons (Fsp3) is 0.741. The first-order valence-corrected chi connectivity index (χ1v) is 15.0. The fourth-order valence-corrected chi connectivity index (χ4v) is 9.67. The molecule has 10 heteroatoms. The Bertz CT molecular complexity index is 1160. The molecule has 2 aliphatic heterocycles. The number of hydrogen-bond acceptors (Lipinski definition) is 6. The second kappa shape index (κ2) is 9.22. The Labute approximate surface area is 219 Å². The predicted octanol–water partition coefficient (Wildman–Crippen LogP) is 5.20. The molecule has 2 bridgehead atoms. The lowest BCUT2D eigenvalue weighted by Crippen LogP contribution is -2.56. The van der Waals surface area contributed by atoms with Gasteiger partial charge in [-0.25, -0.2) is 13.2 Å². The van der Waals surface area contributed by atoms with E-state index >= 15 is 0 Å². The molecule has 0 aromatic heterocycles. The van der Waals surface area contributed by atoms with Gasteiger partial charge in [0.1, 0.15) is 5.60 Å². The summed E-state index contributed by atoms with van der Waals surface area (Å²) in [6.45, 7) is 8.86. The molecule has 0 N–H and O–H groups in total. The molecule has 0 unspecified atom stereocenters. The Hall–Kier alpha value is -2.20. The van der Waals surface area contributed by atoms with E-state index in [1.807, 2.05) is 20.8 Å². The van der Waals surface area contributed by atoms with E-state index in [9.17, 15) is 23.3 Å². The van der Waals surface area contributed by atoms with Gasteiger partial charge in [-0.15, -0.1) is 0 Å². The van der Waals surface area contributed by atoms with Crippen molar-refractivity contribution in [3.05, 3.63) is 34.4 Å². The summed E-state index contributed by atoms with van der Waals surface area (Å²) in [4.78, 5) is 26.1. The Morgan fingerprint density at radius 1 is 1.11 bits per heavy atom. The number of nitro benzene ring substituents is 1. The summed E-state index contributed by atoms with van der Waals surface area (Å²) in [5.74, 6) is 1.48. The zero-order chi connectivity index (χ0) is 26.8. The minimum absolute atomic E-state index is 0.0290. The van der Waals surface area contributed by atoms with Gasteiger partial charge in [0, 0.05) is 37.3 Å². The van der Waals surface area contributed by atoms with Gasteiger partial charge in [-0.1, -0.05) is 6.92 Å². The molecule has 4 fully saturated rings. The lowest BCUT2D eigenvalue weighted by molar-refractivity contribution is -0.384. The maximum absolute atomic E-state index is 13.5. The van der Waals surface area contributed by atoms with Crippen LogP contribution in [-0.4, -0.2) is 59.4 Å². The number of likely N-dealkylation sites (tertiary alicyclic amines) is 1. The standard InChI is InChI=1S/C27H39N3O6S/c1-18-15-19-17-23-22-7-5-13-28(37(34,35)21-10-8-20(9-11-21)30(32)33)14-6-12-27(19,22)24(16-18)29(23)25(31)36-26(2,3)4/h8-11,18-19,22-24H,5-7,12-17H2,1-4H3/t18-,19+,22-,23+,24+,27-/m1/s1. The molecule has 1 spiro atoms. The van der Waals surface area contributed by atoms with Crippen molar-refractivity contribution < 1.29 is 22.9 Å². The summed E-state index contributed by atoms with van der Waals surface area (Å²) >= 11 is 0. The third kappa shape index (κ3) is 4.43. The molecule has 1 amide bonds. The number of carbonyl (C=O) groups excluding carboxylic acids is 1. The highest BCUT2D eigenvalue weighted by atomic mass is 32.2. The summed E-state index contributed by atoms with van der Waals surface area (Å²) in [6.07, 6.45) is 6.24. The van der Waals surface area contributed by atoms with E-state index in [4.69, 9.17) is 4.74 Å². The average molecular weight is 534 g/mol. The summed E-state index contributed by atoms with van der Waals surface area (Å²) in [5, 5.41) is 11.0. The first kappa shape index (κ1) is 26.4. The highest BCUT2D eigenvalue weighted by Gasteiger charge is 2.69. The summed E-state index contributed by atoms with van der Waals surface area (Å²) in [6, 6.07) is 5.48. The number of piperidine rings is 1. The third-order valence-corrected chi connectivity index (χ3v) is 11.2. The van der Waals surface area contributed by atoms with Crippen LogP contribution in [0.15, 0.2) is 29.2 Å². The van der Waals surface area contributed by atoms with Gasteiger partial charge < -0.3 is 9.64 Å². The van der Waals surface area contributed by atoms with E-state index in [2.05, 4.69) is 11.8 Å². The minimum Gasteiger partial charge on any atom is -0.444 e. The van der Waals surface area contributed by atoms with Gasteiger partial charge in [-0.05, 0) is 101 Å². The molecular weight excluding hydrogens is 494 g/mol. The van der Waals surface area contributed by atoms with Crippen molar-refractivity contribution in [1.29, 1.82) is 0 Å². The van der Waals surface area contributed by atoms with E-state index in [1.54, 1.807) is 4.31 Å². The van der Waals surface area contributed by atoms with Crippen LogP contribution in [0.2, 0.25) is 0 Å². The molecule has 2 heterocycles. The van der Waals surface area contributed by atoms with Crippen LogP contribution in [0.5, 0.6) is 0 Å². The number of ether oxygens (including phenoxy) is 1. The van der Waals surface area contributed by atoms with Crippen LogP contribution in [-0.2, 0) is 14.8 Å². The molecule has 6 atom stereocenters. The molecule has 9 nitrogen and oxygen atoms in total. The lowest BCUT2D eigenvalue weighted by Gasteiger charge is -2.52. The molecule has 2 aliphatic carbocycles. The van der Waals surface area contributed by atoms with Crippen molar-refractivity contribution in [3.8, 4) is 0 Å². The first-order chi connectivity index (χ1) is 17.3. The van der Waals surface area contributed by atoms with E-state index in [0.717, 1.165) is 38.5 Å². The minimum atomic E-state index is -3.74. The SMILES string of the molecule is C[C@@H]1C[C@H]2C[C@H]3[C@H]4CCCN(S(=O)(=O)c5ccc([N+](=O)[O-])cc5)CCC[C@@]24[C@H](C1)N3C(=O)OC(C)(C)C. The maximum atomic E-state index is 13.5. The van der Waals surface area contributed by atoms with Crippen molar-refractivity contribution in [1.82, 2.24) is 9.21 Å². The molecule has 204 valence electrons. The monoisotopic (exact) mass is 533 g/mol. The van der Waals surface area contributed by atoms with Gasteiger partial charge in [0.2, 0.25) is 10.0 Å². The largest absolute Gasteiger partial charge is 0.444 e. The topological polar surface area (TPSA) is 110 Å². The van der Waals surface area contributed by atoms with Crippen molar-refractivity contribution in [2.45, 2.75) is 95.2 Å². The van der Waals surface area contributed by atoms with Crippen LogP contribution in [0.25, 0.3) is 0 Å². The quantitative estimate of drug-likeness (QED) is 0.390. The average Bonchev–Trinajstić information content (AvgIpc) is 3.26. The van der Waals surface area contributed by atoms with Gasteiger partial charge >= 0.3 is 6.09 Å². The molecule has 4 aliphatic rings. The Morgan fingerprint density at radius 3 is 2.43 bits per heavy atom. The van der Waals surface area contributed by atoms with Gasteiger partial charge in [-0.2, -0.15) is 4.31 Å². The number of hydrogen-bond donors (Lipinski definition) is 0. The Kier molecular flexibility index (Phi) is 6.58. The van der Waals surface area contributed by atoms with Gasteiger partial charge in [0.15, 0.2) is 0 Å². The highest BCUT2D eigenvalue weighted by Crippen LogP contribution is 2.68. The molecule has 37 heavy (non-hydrogen) atoms. The third-order valence-electron chi connectivity index (χ3n) is 9.30. The number of benzene rings is 1. The molecule has 2 saturated heterocycles. The van der Waals surface area contributed by atoms with Crippen LogP contribution in [0.4, 0.5) is 10.5 Å². The number of amides is 1. The van der Waals surface area contributed by atoms with Crippen molar-refractivity contribution in [2.75, 3.05) is 13.1 Å². The normalized spacial score (nSPS) is 34.3. The first-order valence-electron chi connectivity index (χ1n) is 13.6. The smallest absolute Gasteiger partial charge is 0.410 e. The van der Waals surface area contributed by atoms with Gasteiger partial charge in [0.25, 0.3) is 5.69 Å². The number of carbonyl (C=O) groups is 1. The predicted molar refractivity (Wildman–Crippen MR) is 138 cm³/mol. The zero-order valence-corrected chi connectivity index (χ0v) is 23.1. The van der Waals surface area contributed by atoms with Crippen molar-refractivity contribution in [2.24, 2.45) is 23.2 Å². The van der Waals surface area contributed by atoms with Crippen LogP contribution in [0.3, 0.4) is 0 Å². The second-order valence-electron chi connectivity index (χ2n) is 12.6. The van der Waals surface area contributed by atoms with Crippen molar-refractivity contribution >= 4 is 21.8 Å². The van der Waals surface area contributed by atoms with Gasteiger partial charge in [-0.3, -0.25) is 10.1 Å². The summed E-state index contributed by atoms with van der Waals surface area (Å²) in [7, 11) is -3.74. The molecule has 1 aromatic rings. The Morgan fingerprint density at radius 2 is 1.78 bits per heavy atom. The molecule has 1 aromatic carbocycles. The van der Waals surface area contributed by atoms with E-state index in [0.29, 0.717) is 30.8 Å². The zero-order valence-electron chi connectivity index (χ0n) is 22.3. The second-order valence-corrected chi connectivity index (χ2v) is 14.5. The number of rotatable bonds is 3. The van der Waals surface area contributed by atoms with Crippen LogP contribution >= 0.6 is 0 Å². The van der Waals surface area contributed by atoms with Crippen LogP contribution < -0.4 is 0 Å². The highest BCUT2D eigenvalue weighted by molar-refractivity contribution is 7.89.